The molecule has 0 saturated carbocycles. The van der Waals surface area contributed by atoms with E-state index < -0.39 is 29.4 Å². The lowest BCUT2D eigenvalue weighted by atomic mass is 9.98. The molecule has 37 heavy (non-hydrogen) atoms. The molecule has 194 valence electrons. The van der Waals surface area contributed by atoms with Crippen LogP contribution in [0.2, 0.25) is 10.0 Å². The smallest absolute Gasteiger partial charge is 0.411 e. The summed E-state index contributed by atoms with van der Waals surface area (Å²) in [5.74, 6) is -1.90. The Kier molecular flexibility index (Phi) is 7.16. The summed E-state index contributed by atoms with van der Waals surface area (Å²) < 4.78 is 41.2. The molecule has 3 aromatic rings. The van der Waals surface area contributed by atoms with E-state index in [0.717, 1.165) is 0 Å². The molecule has 2 heterocycles. The minimum atomic E-state index is -4.87. The molecular weight excluding hydrogens is 536 g/mol. The Morgan fingerprint density at radius 3 is 2.51 bits per heavy atom. The molecule has 0 atom stereocenters. The van der Waals surface area contributed by atoms with Gasteiger partial charge < -0.3 is 15.8 Å². The van der Waals surface area contributed by atoms with E-state index in [4.69, 9.17) is 23.2 Å². The van der Waals surface area contributed by atoms with Gasteiger partial charge in [0.1, 0.15) is 5.69 Å². The molecule has 1 aliphatic carbocycles. The molecule has 0 unspecified atom stereocenters. The minimum Gasteiger partial charge on any atom is -0.411 e. The first-order valence-corrected chi connectivity index (χ1v) is 11.6. The zero-order chi connectivity index (χ0) is 27.1. The zero-order valence-corrected chi connectivity index (χ0v) is 20.8. The first-order chi connectivity index (χ1) is 17.4. The van der Waals surface area contributed by atoms with Crippen molar-refractivity contribution in [3.8, 4) is 5.82 Å². The van der Waals surface area contributed by atoms with E-state index in [-0.39, 0.29) is 44.4 Å². The van der Waals surface area contributed by atoms with Gasteiger partial charge in [-0.2, -0.15) is 18.3 Å². The van der Waals surface area contributed by atoms with E-state index in [0.29, 0.717) is 29.2 Å². The van der Waals surface area contributed by atoms with E-state index in [1.165, 1.54) is 24.4 Å². The van der Waals surface area contributed by atoms with E-state index >= 15 is 0 Å². The average Bonchev–Trinajstić information content (AvgIpc) is 3.43. The van der Waals surface area contributed by atoms with Crippen molar-refractivity contribution in [2.45, 2.75) is 38.9 Å². The molecule has 4 rings (SSSR count). The molecule has 2 aromatic heterocycles. The van der Waals surface area contributed by atoms with Gasteiger partial charge in [0.25, 0.3) is 11.8 Å². The molecule has 0 bridgehead atoms. The van der Waals surface area contributed by atoms with Crippen LogP contribution in [-0.2, 0) is 12.6 Å². The number of benzene rings is 1. The van der Waals surface area contributed by atoms with Crippen LogP contribution in [0.3, 0.4) is 0 Å². The predicted molar refractivity (Wildman–Crippen MR) is 130 cm³/mol. The molecule has 0 saturated heterocycles. The number of alkyl halides is 3. The second-order valence-corrected chi connectivity index (χ2v) is 9.22. The number of carbonyl (C=O) groups excluding carboxylic acids is 2. The van der Waals surface area contributed by atoms with Gasteiger partial charge in [-0.15, -0.1) is 0 Å². The van der Waals surface area contributed by atoms with Crippen LogP contribution in [0.5, 0.6) is 0 Å². The fourth-order valence-electron chi connectivity index (χ4n) is 3.94. The second kappa shape index (κ2) is 10.0. The highest BCUT2D eigenvalue weighted by Gasteiger charge is 2.37. The number of pyridine rings is 1. The summed E-state index contributed by atoms with van der Waals surface area (Å²) in [5.41, 5.74) is -1.04. The molecule has 3 N–H and O–H groups in total. The van der Waals surface area contributed by atoms with E-state index in [1.54, 1.807) is 13.8 Å². The largest absolute Gasteiger partial charge is 0.435 e. The van der Waals surface area contributed by atoms with E-state index in [2.05, 4.69) is 25.9 Å². The lowest BCUT2D eigenvalue weighted by Crippen LogP contribution is -2.32. The van der Waals surface area contributed by atoms with Crippen molar-refractivity contribution in [1.29, 1.82) is 0 Å². The van der Waals surface area contributed by atoms with Gasteiger partial charge in [0.05, 0.1) is 27.0 Å². The number of amides is 2. The summed E-state index contributed by atoms with van der Waals surface area (Å²) >= 11 is 12.6. The second-order valence-electron chi connectivity index (χ2n) is 8.40. The van der Waals surface area contributed by atoms with Crippen LogP contribution in [0, 0.1) is 0 Å². The zero-order valence-electron chi connectivity index (χ0n) is 19.3. The Morgan fingerprint density at radius 2 is 1.89 bits per heavy atom. The molecule has 14 heteroatoms. The van der Waals surface area contributed by atoms with Crippen LogP contribution >= 0.6 is 23.2 Å². The monoisotopic (exact) mass is 554 g/mol. The van der Waals surface area contributed by atoms with Crippen molar-refractivity contribution in [1.82, 2.24) is 20.1 Å². The van der Waals surface area contributed by atoms with Crippen molar-refractivity contribution >= 4 is 46.4 Å². The minimum absolute atomic E-state index is 0.0295. The maximum absolute atomic E-state index is 13.5. The molecule has 2 amide bonds. The highest BCUT2D eigenvalue weighted by molar-refractivity contribution is 6.36. The molecule has 0 fully saturated rings. The van der Waals surface area contributed by atoms with Crippen molar-refractivity contribution in [3.63, 3.8) is 0 Å². The summed E-state index contributed by atoms with van der Waals surface area (Å²) in [5, 5.41) is 21.3. The number of carbonyl (C=O) groups is 2. The van der Waals surface area contributed by atoms with Gasteiger partial charge in [-0.3, -0.25) is 9.59 Å². The highest BCUT2D eigenvalue weighted by atomic mass is 35.5. The molecule has 0 spiro atoms. The van der Waals surface area contributed by atoms with Crippen LogP contribution < -0.4 is 10.6 Å². The maximum atomic E-state index is 13.5. The Labute approximate surface area is 218 Å². The third kappa shape index (κ3) is 5.12. The lowest BCUT2D eigenvalue weighted by molar-refractivity contribution is -0.141. The lowest BCUT2D eigenvalue weighted by Gasteiger charge is -2.18. The van der Waals surface area contributed by atoms with Crippen molar-refractivity contribution in [3.05, 3.63) is 68.6 Å². The summed E-state index contributed by atoms with van der Waals surface area (Å²) in [7, 11) is 0. The van der Waals surface area contributed by atoms with Gasteiger partial charge in [0.15, 0.2) is 11.5 Å². The van der Waals surface area contributed by atoms with Crippen molar-refractivity contribution < 1.29 is 28.0 Å². The Morgan fingerprint density at radius 1 is 1.16 bits per heavy atom. The highest BCUT2D eigenvalue weighted by Crippen LogP contribution is 2.38. The number of nitrogens with zero attached hydrogens (tertiary/aromatic N) is 4. The third-order valence-electron chi connectivity index (χ3n) is 5.46. The van der Waals surface area contributed by atoms with Crippen LogP contribution in [-0.4, -0.2) is 43.5 Å². The Bertz CT molecular complexity index is 1440. The van der Waals surface area contributed by atoms with Crippen molar-refractivity contribution in [2.24, 2.45) is 5.16 Å². The Hall–Kier alpha value is -3.64. The maximum Gasteiger partial charge on any atom is 0.435 e. The van der Waals surface area contributed by atoms with Crippen molar-refractivity contribution in [2.75, 3.05) is 5.32 Å². The van der Waals surface area contributed by atoms with Gasteiger partial charge >= 0.3 is 6.18 Å². The summed E-state index contributed by atoms with van der Waals surface area (Å²) in [4.78, 5) is 30.5. The number of oxime groups is 1. The first kappa shape index (κ1) is 26.4. The molecule has 1 aliphatic rings. The molecular formula is C23H19Cl2F3N6O3. The van der Waals surface area contributed by atoms with E-state index in [9.17, 15) is 28.0 Å². The topological polar surface area (TPSA) is 122 Å². The number of hydrogen-bond donors (Lipinski definition) is 3. The van der Waals surface area contributed by atoms with Gasteiger partial charge in [-0.1, -0.05) is 28.4 Å². The molecule has 0 radical (unpaired) electrons. The number of halogens is 5. The number of anilines is 1. The normalized spacial score (nSPS) is 14.2. The number of aromatic nitrogens is 3. The average molecular weight is 555 g/mol. The fraction of sp³-hybridized carbons (Fsp3) is 0.261. The van der Waals surface area contributed by atoms with Gasteiger partial charge in [-0.05, 0) is 50.5 Å². The van der Waals surface area contributed by atoms with Crippen LogP contribution in [0.1, 0.15) is 57.9 Å². The number of nitrogens with one attached hydrogen (secondary N) is 2. The van der Waals surface area contributed by atoms with Gasteiger partial charge in [0, 0.05) is 23.9 Å². The number of aryl methyl sites for hydroxylation is 1. The SMILES string of the molecule is CC(C)NC(=O)c1c(NC(=O)c2cc(C(F)(F)F)nn2-c2ncccc2Cl)c(Cl)cc2c1/C(=N/O)CC2. The van der Waals surface area contributed by atoms with Gasteiger partial charge in [-0.25, -0.2) is 9.67 Å². The summed E-state index contributed by atoms with van der Waals surface area (Å²) in [6.07, 6.45) is -2.84. The number of rotatable bonds is 5. The fourth-order valence-corrected chi connectivity index (χ4v) is 4.42. The first-order valence-electron chi connectivity index (χ1n) is 10.9. The number of fused-ring (bicyclic) bond motifs is 1. The van der Waals surface area contributed by atoms with Gasteiger partial charge in [0.2, 0.25) is 0 Å². The third-order valence-corrected chi connectivity index (χ3v) is 6.05. The Balaban J connectivity index is 1.87. The standard InChI is InChI=1S/C23H19Cl2F3N6O3/c1-10(2)30-22(36)18-17-11(5-6-14(17)33-37)8-13(25)19(18)31-21(35)15-9-16(23(26,27)28)32-34(15)20-12(24)4-3-7-29-20/h3-4,7-10,37H,5-6H2,1-2H3,(H,30,36)(H,31,35)/b33-14+. The molecule has 0 aliphatic heterocycles. The quantitative estimate of drug-likeness (QED) is 0.299. The number of hydrogen-bond acceptors (Lipinski definition) is 6. The van der Waals surface area contributed by atoms with Crippen LogP contribution in [0.4, 0.5) is 18.9 Å². The van der Waals surface area contributed by atoms with E-state index in [1.807, 2.05) is 0 Å². The predicted octanol–water partition coefficient (Wildman–Crippen LogP) is 5.11. The molecule has 9 nitrogen and oxygen atoms in total. The summed E-state index contributed by atoms with van der Waals surface area (Å²) in [6.45, 7) is 3.44. The van der Waals surface area contributed by atoms with Crippen LogP contribution in [0.15, 0.2) is 35.6 Å². The molecule has 1 aromatic carbocycles. The van der Waals surface area contributed by atoms with Crippen LogP contribution in [0.25, 0.3) is 5.82 Å². The summed E-state index contributed by atoms with van der Waals surface area (Å²) in [6, 6.07) is 4.58.